The van der Waals surface area contributed by atoms with Crippen LogP contribution in [0.2, 0.25) is 0 Å². The van der Waals surface area contributed by atoms with Crippen LogP contribution in [0.3, 0.4) is 0 Å². The van der Waals surface area contributed by atoms with Crippen molar-refractivity contribution in [1.82, 2.24) is 9.97 Å². The molecule has 7 nitrogen and oxygen atoms in total. The first kappa shape index (κ1) is 14.8. The number of nitrogens with zero attached hydrogens (tertiary/aromatic N) is 2. The standard InChI is InChI=1S/C13H22N4O3/c1-3-15-12-10(14)13(20-8-7-18-2)17-11(16-12)9-5-4-6-19-9/h9H,3-8,14H2,1-2H3,(H,15,16,17). The zero-order chi connectivity index (χ0) is 14.4. The molecule has 0 bridgehead atoms. The minimum absolute atomic E-state index is 0.0715. The lowest BCUT2D eigenvalue weighted by Gasteiger charge is -2.15. The average molecular weight is 282 g/mol. The second-order valence-electron chi connectivity index (χ2n) is 4.52. The minimum atomic E-state index is -0.0715. The van der Waals surface area contributed by atoms with E-state index < -0.39 is 0 Å². The average Bonchev–Trinajstić information content (AvgIpc) is 2.97. The van der Waals surface area contributed by atoms with Crippen LogP contribution >= 0.6 is 0 Å². The molecule has 1 aliphatic heterocycles. The number of nitrogens with two attached hydrogens (primary N) is 1. The van der Waals surface area contributed by atoms with Gasteiger partial charge in [-0.1, -0.05) is 0 Å². The smallest absolute Gasteiger partial charge is 0.243 e. The van der Waals surface area contributed by atoms with Gasteiger partial charge in [0.15, 0.2) is 11.6 Å². The molecule has 1 fully saturated rings. The number of ether oxygens (including phenoxy) is 3. The summed E-state index contributed by atoms with van der Waals surface area (Å²) in [6, 6.07) is 0. The van der Waals surface area contributed by atoms with Crippen LogP contribution < -0.4 is 15.8 Å². The van der Waals surface area contributed by atoms with Gasteiger partial charge < -0.3 is 25.3 Å². The van der Waals surface area contributed by atoms with E-state index in [4.69, 9.17) is 19.9 Å². The van der Waals surface area contributed by atoms with E-state index in [-0.39, 0.29) is 6.10 Å². The van der Waals surface area contributed by atoms with Gasteiger partial charge in [0.1, 0.15) is 18.4 Å². The van der Waals surface area contributed by atoms with Crippen LogP contribution in [0.5, 0.6) is 5.88 Å². The molecule has 1 saturated heterocycles. The van der Waals surface area contributed by atoms with E-state index >= 15 is 0 Å². The number of hydrogen-bond acceptors (Lipinski definition) is 7. The molecule has 1 unspecified atom stereocenters. The van der Waals surface area contributed by atoms with E-state index in [1.807, 2.05) is 6.92 Å². The number of aromatic nitrogens is 2. The van der Waals surface area contributed by atoms with Gasteiger partial charge in [0, 0.05) is 20.3 Å². The molecular weight excluding hydrogens is 260 g/mol. The van der Waals surface area contributed by atoms with Crippen LogP contribution in [0, 0.1) is 0 Å². The molecule has 2 rings (SSSR count). The molecule has 1 aliphatic rings. The molecule has 112 valence electrons. The van der Waals surface area contributed by atoms with Crippen LogP contribution in [0.4, 0.5) is 11.5 Å². The molecule has 0 saturated carbocycles. The number of nitrogen functional groups attached to an aromatic ring is 1. The van der Waals surface area contributed by atoms with Crippen molar-refractivity contribution in [1.29, 1.82) is 0 Å². The SMILES string of the molecule is CCNc1nc(C2CCCO2)nc(OCCOC)c1N. The maximum Gasteiger partial charge on any atom is 0.243 e. The summed E-state index contributed by atoms with van der Waals surface area (Å²) in [5.41, 5.74) is 6.45. The van der Waals surface area contributed by atoms with Gasteiger partial charge in [-0.25, -0.2) is 4.98 Å². The van der Waals surface area contributed by atoms with Crippen LogP contribution in [0.15, 0.2) is 0 Å². The van der Waals surface area contributed by atoms with Gasteiger partial charge >= 0.3 is 0 Å². The highest BCUT2D eigenvalue weighted by Crippen LogP contribution is 2.32. The molecule has 2 heterocycles. The Hall–Kier alpha value is -1.60. The van der Waals surface area contributed by atoms with Crippen molar-refractivity contribution in [2.45, 2.75) is 25.9 Å². The summed E-state index contributed by atoms with van der Waals surface area (Å²) in [5.74, 6) is 1.61. The quantitative estimate of drug-likeness (QED) is 0.730. The lowest BCUT2D eigenvalue weighted by atomic mass is 10.2. The van der Waals surface area contributed by atoms with Gasteiger partial charge in [-0.3, -0.25) is 0 Å². The Morgan fingerprint density at radius 1 is 1.40 bits per heavy atom. The van der Waals surface area contributed by atoms with E-state index in [0.29, 0.717) is 36.4 Å². The number of methoxy groups -OCH3 is 1. The number of nitrogens with one attached hydrogen (secondary N) is 1. The third-order valence-electron chi connectivity index (χ3n) is 3.02. The van der Waals surface area contributed by atoms with Gasteiger partial charge in [-0.15, -0.1) is 0 Å². The first-order valence-electron chi connectivity index (χ1n) is 6.90. The Balaban J connectivity index is 2.22. The Labute approximate surface area is 118 Å². The minimum Gasteiger partial charge on any atom is -0.474 e. The summed E-state index contributed by atoms with van der Waals surface area (Å²) in [6.45, 7) is 4.33. The molecule has 20 heavy (non-hydrogen) atoms. The fourth-order valence-corrected chi connectivity index (χ4v) is 2.02. The topological polar surface area (TPSA) is 91.5 Å². The number of anilines is 2. The summed E-state index contributed by atoms with van der Waals surface area (Å²) in [5, 5.41) is 3.13. The predicted molar refractivity (Wildman–Crippen MR) is 75.9 cm³/mol. The van der Waals surface area contributed by atoms with Crippen LogP contribution in [0.1, 0.15) is 31.7 Å². The Morgan fingerprint density at radius 3 is 2.90 bits per heavy atom. The van der Waals surface area contributed by atoms with Gasteiger partial charge in [0.25, 0.3) is 0 Å². The van der Waals surface area contributed by atoms with E-state index in [2.05, 4.69) is 15.3 Å². The first-order valence-corrected chi connectivity index (χ1v) is 6.90. The van der Waals surface area contributed by atoms with Crippen molar-refractivity contribution in [3.8, 4) is 5.88 Å². The highest BCUT2D eigenvalue weighted by Gasteiger charge is 2.23. The molecule has 7 heteroatoms. The van der Waals surface area contributed by atoms with Gasteiger partial charge in [0.2, 0.25) is 5.88 Å². The normalized spacial score (nSPS) is 18.2. The highest BCUT2D eigenvalue weighted by atomic mass is 16.5. The monoisotopic (exact) mass is 282 g/mol. The van der Waals surface area contributed by atoms with Crippen LogP contribution in [0.25, 0.3) is 0 Å². The number of hydrogen-bond donors (Lipinski definition) is 2. The predicted octanol–water partition coefficient (Wildman–Crippen LogP) is 1.37. The van der Waals surface area contributed by atoms with E-state index in [0.717, 1.165) is 26.0 Å². The van der Waals surface area contributed by atoms with Crippen molar-refractivity contribution in [2.75, 3.05) is 44.5 Å². The van der Waals surface area contributed by atoms with Crippen LogP contribution in [-0.4, -0.2) is 43.4 Å². The molecule has 0 aromatic carbocycles. The Kier molecular flexibility index (Phi) is 5.37. The number of rotatable bonds is 7. The van der Waals surface area contributed by atoms with Crippen LogP contribution in [-0.2, 0) is 9.47 Å². The summed E-state index contributed by atoms with van der Waals surface area (Å²) < 4.78 is 16.1. The molecule has 0 aliphatic carbocycles. The van der Waals surface area contributed by atoms with Crippen molar-refractivity contribution >= 4 is 11.5 Å². The molecule has 0 amide bonds. The maximum absolute atomic E-state index is 6.03. The molecule has 0 radical (unpaired) electrons. The van der Waals surface area contributed by atoms with Gasteiger partial charge in [-0.2, -0.15) is 4.98 Å². The maximum atomic E-state index is 6.03. The molecule has 1 atom stereocenters. The molecular formula is C13H22N4O3. The molecule has 3 N–H and O–H groups in total. The van der Waals surface area contributed by atoms with E-state index in [1.165, 1.54) is 0 Å². The second-order valence-corrected chi connectivity index (χ2v) is 4.52. The molecule has 0 spiro atoms. The lowest BCUT2D eigenvalue weighted by molar-refractivity contribution is 0.103. The fourth-order valence-electron chi connectivity index (χ4n) is 2.02. The zero-order valence-electron chi connectivity index (χ0n) is 12.0. The van der Waals surface area contributed by atoms with Crippen molar-refractivity contribution < 1.29 is 14.2 Å². The third kappa shape index (κ3) is 3.49. The van der Waals surface area contributed by atoms with E-state index in [1.54, 1.807) is 7.11 Å². The zero-order valence-corrected chi connectivity index (χ0v) is 12.0. The van der Waals surface area contributed by atoms with Gasteiger partial charge in [-0.05, 0) is 19.8 Å². The Morgan fingerprint density at radius 2 is 2.25 bits per heavy atom. The highest BCUT2D eigenvalue weighted by molar-refractivity contribution is 5.67. The molecule has 1 aromatic heterocycles. The van der Waals surface area contributed by atoms with Crippen molar-refractivity contribution in [3.63, 3.8) is 0 Å². The third-order valence-corrected chi connectivity index (χ3v) is 3.02. The lowest BCUT2D eigenvalue weighted by Crippen LogP contribution is -2.14. The van der Waals surface area contributed by atoms with E-state index in [9.17, 15) is 0 Å². The second kappa shape index (κ2) is 7.25. The summed E-state index contributed by atoms with van der Waals surface area (Å²) in [7, 11) is 1.62. The Bertz CT molecular complexity index is 436. The first-order chi connectivity index (χ1) is 9.76. The van der Waals surface area contributed by atoms with Gasteiger partial charge in [0.05, 0.1) is 6.61 Å². The summed E-state index contributed by atoms with van der Waals surface area (Å²) >= 11 is 0. The fraction of sp³-hybridized carbons (Fsp3) is 0.692. The van der Waals surface area contributed by atoms with Crippen molar-refractivity contribution in [2.24, 2.45) is 0 Å². The van der Waals surface area contributed by atoms with Crippen molar-refractivity contribution in [3.05, 3.63) is 5.82 Å². The summed E-state index contributed by atoms with van der Waals surface area (Å²) in [6.07, 6.45) is 1.87. The summed E-state index contributed by atoms with van der Waals surface area (Å²) in [4.78, 5) is 8.84. The molecule has 1 aromatic rings. The largest absolute Gasteiger partial charge is 0.474 e.